The Bertz CT molecular complexity index is 1480. The van der Waals surface area contributed by atoms with Crippen LogP contribution >= 0.6 is 0 Å². The number of nitrogens with one attached hydrogen (secondary N) is 3. The lowest BCUT2D eigenvalue weighted by Gasteiger charge is -2.30. The highest BCUT2D eigenvalue weighted by molar-refractivity contribution is 5.87. The second-order valence-corrected chi connectivity index (χ2v) is 11.5. The predicted molar refractivity (Wildman–Crippen MR) is 170 cm³/mol. The highest BCUT2D eigenvalue weighted by Crippen LogP contribution is 2.37. The summed E-state index contributed by atoms with van der Waals surface area (Å²) in [6.07, 6.45) is 7.44. The number of benzene rings is 3. The lowest BCUT2D eigenvalue weighted by atomic mass is 9.81. The zero-order chi connectivity index (χ0) is 30.0. The van der Waals surface area contributed by atoms with Gasteiger partial charge >= 0.3 is 5.97 Å². The molecule has 0 aliphatic heterocycles. The van der Waals surface area contributed by atoms with Crippen molar-refractivity contribution < 1.29 is 19.1 Å². The van der Waals surface area contributed by atoms with Crippen molar-refractivity contribution in [3.8, 4) is 5.75 Å². The molecule has 3 aromatic carbocycles. The molecule has 7 nitrogen and oxygen atoms in total. The first-order valence-electron chi connectivity index (χ1n) is 15.4. The van der Waals surface area contributed by atoms with Gasteiger partial charge in [0.2, 0.25) is 5.91 Å². The van der Waals surface area contributed by atoms with E-state index in [0.29, 0.717) is 25.4 Å². The van der Waals surface area contributed by atoms with E-state index in [1.165, 1.54) is 50.5 Å². The topological polar surface area (TPSA) is 92.5 Å². The monoisotopic (exact) mass is 581 g/mol. The summed E-state index contributed by atoms with van der Waals surface area (Å²) in [6.45, 7) is 0.481. The molecule has 0 saturated heterocycles. The van der Waals surface area contributed by atoms with Gasteiger partial charge in [0.15, 0.2) is 0 Å². The molecule has 1 unspecified atom stereocenters. The quantitative estimate of drug-likeness (QED) is 0.159. The molecule has 1 aliphatic rings. The van der Waals surface area contributed by atoms with Gasteiger partial charge in [-0.05, 0) is 67.1 Å². The first kappa shape index (κ1) is 30.4. The summed E-state index contributed by atoms with van der Waals surface area (Å²) in [6, 6.07) is 25.4. The fraction of sp³-hybridized carbons (Fsp3) is 0.389. The Morgan fingerprint density at radius 2 is 1.63 bits per heavy atom. The minimum atomic E-state index is -0.775. The summed E-state index contributed by atoms with van der Waals surface area (Å²) >= 11 is 0. The van der Waals surface area contributed by atoms with Gasteiger partial charge in [0.05, 0.1) is 13.2 Å². The zero-order valence-corrected chi connectivity index (χ0v) is 25.2. The van der Waals surface area contributed by atoms with Crippen LogP contribution in [0.3, 0.4) is 0 Å². The fourth-order valence-corrected chi connectivity index (χ4v) is 6.38. The molecule has 0 spiro atoms. The van der Waals surface area contributed by atoms with Crippen LogP contribution < -0.4 is 15.4 Å². The number of aromatic amines is 1. The number of aryl methyl sites for hydroxylation is 1. The van der Waals surface area contributed by atoms with Crippen LogP contribution in [0.15, 0.2) is 78.9 Å². The Morgan fingerprint density at radius 3 is 2.35 bits per heavy atom. The van der Waals surface area contributed by atoms with E-state index in [4.69, 9.17) is 9.47 Å². The fourth-order valence-electron chi connectivity index (χ4n) is 6.38. The number of methoxy groups -OCH3 is 1. The molecule has 5 rings (SSSR count). The Balaban J connectivity index is 1.23. The molecule has 0 bridgehead atoms. The minimum Gasteiger partial charge on any atom is -0.489 e. The number of carbonyl (C=O) groups is 2. The number of hydrogen-bond donors (Lipinski definition) is 3. The van der Waals surface area contributed by atoms with E-state index in [1.54, 1.807) is 0 Å². The van der Waals surface area contributed by atoms with Crippen LogP contribution in [-0.2, 0) is 33.8 Å². The van der Waals surface area contributed by atoms with Gasteiger partial charge in [0.1, 0.15) is 18.4 Å². The van der Waals surface area contributed by atoms with Crippen LogP contribution in [0.1, 0.15) is 67.0 Å². The lowest BCUT2D eigenvalue weighted by molar-refractivity contribution is -0.145. The second-order valence-electron chi connectivity index (χ2n) is 11.5. The first-order valence-corrected chi connectivity index (χ1v) is 15.4. The highest BCUT2D eigenvalue weighted by atomic mass is 16.5. The number of amides is 1. The van der Waals surface area contributed by atoms with Crippen molar-refractivity contribution in [1.29, 1.82) is 0 Å². The van der Waals surface area contributed by atoms with Crippen molar-refractivity contribution in [1.82, 2.24) is 15.6 Å². The average Bonchev–Trinajstić information content (AvgIpc) is 3.42. The smallest absolute Gasteiger partial charge is 0.328 e. The Morgan fingerprint density at radius 1 is 0.907 bits per heavy atom. The van der Waals surface area contributed by atoms with Crippen molar-refractivity contribution in [3.05, 3.63) is 101 Å². The number of para-hydroxylation sites is 1. The van der Waals surface area contributed by atoms with Crippen LogP contribution in [0.5, 0.6) is 5.75 Å². The van der Waals surface area contributed by atoms with Crippen LogP contribution in [0.4, 0.5) is 0 Å². The molecule has 3 N–H and O–H groups in total. The van der Waals surface area contributed by atoms with Gasteiger partial charge in [-0.1, -0.05) is 79.9 Å². The standard InChI is InChI=1S/C36H43N3O4/c1-37-34(27-13-7-4-8-14-27)35-30(29-15-9-10-16-31(29)39-35)21-22-33(40)38-32(36(41)42-2)23-25-17-19-28(20-18-25)43-24-26-11-5-3-6-12-26/h3,5-6,9-12,15-20,27,32,34,37,39H,4,7-8,13-14,21-24H2,1-2H3,(H,38,40)/t32?,34-/m1/s1. The third kappa shape index (κ3) is 7.85. The summed E-state index contributed by atoms with van der Waals surface area (Å²) in [4.78, 5) is 29.6. The molecule has 1 fully saturated rings. The lowest BCUT2D eigenvalue weighted by Crippen LogP contribution is -2.43. The van der Waals surface area contributed by atoms with Gasteiger partial charge < -0.3 is 25.1 Å². The number of esters is 1. The number of rotatable bonds is 13. The Labute approximate surface area is 254 Å². The maximum Gasteiger partial charge on any atom is 0.328 e. The Hall–Kier alpha value is -4.10. The highest BCUT2D eigenvalue weighted by Gasteiger charge is 2.28. The van der Waals surface area contributed by atoms with E-state index < -0.39 is 12.0 Å². The number of hydrogen-bond acceptors (Lipinski definition) is 5. The molecule has 0 radical (unpaired) electrons. The summed E-state index contributed by atoms with van der Waals surface area (Å²) in [5.74, 6) is 0.679. The van der Waals surface area contributed by atoms with Crippen LogP contribution in [0, 0.1) is 5.92 Å². The van der Waals surface area contributed by atoms with Crippen LogP contribution in [0.2, 0.25) is 0 Å². The molecule has 1 aliphatic carbocycles. The molecule has 4 aromatic rings. The van der Waals surface area contributed by atoms with E-state index in [1.807, 2.05) is 73.8 Å². The summed E-state index contributed by atoms with van der Waals surface area (Å²) in [5, 5.41) is 7.67. The molecule has 226 valence electrons. The van der Waals surface area contributed by atoms with Crippen molar-refractivity contribution in [3.63, 3.8) is 0 Å². The number of H-pyrrole nitrogens is 1. The second kappa shape index (κ2) is 14.9. The maximum atomic E-state index is 13.3. The normalized spacial score (nSPS) is 15.1. The first-order chi connectivity index (χ1) is 21.1. The number of ether oxygens (including phenoxy) is 2. The van der Waals surface area contributed by atoms with Crippen molar-refractivity contribution in [2.24, 2.45) is 5.92 Å². The zero-order valence-electron chi connectivity index (χ0n) is 25.2. The number of aromatic nitrogens is 1. The molecule has 43 heavy (non-hydrogen) atoms. The molecule has 1 aromatic heterocycles. The van der Waals surface area contributed by atoms with Crippen LogP contribution in [0.25, 0.3) is 10.9 Å². The minimum absolute atomic E-state index is 0.173. The third-order valence-corrected chi connectivity index (χ3v) is 8.62. The van der Waals surface area contributed by atoms with E-state index in [0.717, 1.165) is 27.8 Å². The summed E-state index contributed by atoms with van der Waals surface area (Å²) in [5.41, 5.74) is 5.45. The molecule has 1 heterocycles. The molecule has 1 amide bonds. The van der Waals surface area contributed by atoms with E-state index in [9.17, 15) is 9.59 Å². The molecule has 2 atom stereocenters. The van der Waals surface area contributed by atoms with Gasteiger partial charge in [-0.25, -0.2) is 4.79 Å². The average molecular weight is 582 g/mol. The largest absolute Gasteiger partial charge is 0.489 e. The van der Waals surface area contributed by atoms with Crippen molar-refractivity contribution >= 4 is 22.8 Å². The molecule has 1 saturated carbocycles. The van der Waals surface area contributed by atoms with Crippen LogP contribution in [-0.4, -0.2) is 37.1 Å². The summed E-state index contributed by atoms with van der Waals surface area (Å²) < 4.78 is 10.9. The number of carbonyl (C=O) groups excluding carboxylic acids is 2. The predicted octanol–water partition coefficient (Wildman–Crippen LogP) is 6.42. The third-order valence-electron chi connectivity index (χ3n) is 8.62. The van der Waals surface area contributed by atoms with Gasteiger partial charge in [-0.3, -0.25) is 4.79 Å². The van der Waals surface area contributed by atoms with Gasteiger partial charge in [-0.2, -0.15) is 0 Å². The molecular formula is C36H43N3O4. The Kier molecular flexibility index (Phi) is 10.5. The maximum absolute atomic E-state index is 13.3. The van der Waals surface area contributed by atoms with Gasteiger partial charge in [-0.15, -0.1) is 0 Å². The van der Waals surface area contributed by atoms with Gasteiger partial charge in [0, 0.05) is 29.4 Å². The SMILES string of the molecule is CN[C@@H](c1[nH]c2ccccc2c1CCC(=O)NC(Cc1ccc(OCc2ccccc2)cc1)C(=O)OC)C1CCCCC1. The van der Waals surface area contributed by atoms with Gasteiger partial charge in [0.25, 0.3) is 0 Å². The van der Waals surface area contributed by atoms with E-state index in [-0.39, 0.29) is 18.4 Å². The van der Waals surface area contributed by atoms with E-state index in [2.05, 4.69) is 27.8 Å². The van der Waals surface area contributed by atoms with E-state index >= 15 is 0 Å². The van der Waals surface area contributed by atoms with Crippen molar-refractivity contribution in [2.45, 2.75) is 70.1 Å². The van der Waals surface area contributed by atoms with Crippen molar-refractivity contribution in [2.75, 3.05) is 14.2 Å². The summed E-state index contributed by atoms with van der Waals surface area (Å²) in [7, 11) is 3.38. The molecule has 7 heteroatoms. The molecular weight excluding hydrogens is 538 g/mol. The number of fused-ring (bicyclic) bond motifs is 1.